The Morgan fingerprint density at radius 2 is 1.91 bits per heavy atom. The number of rotatable bonds is 8. The topological polar surface area (TPSA) is 47.6 Å². The minimum atomic E-state index is 0.0569. The molecular weight excluding hydrogens is 278 g/mol. The summed E-state index contributed by atoms with van der Waals surface area (Å²) in [5.74, 6) is 2.23. The standard InChI is InChI=1S/C18H27NO3/c1-3-21-15-10-11-17(22-4-2)16(13-15)19-18(20)12-9-14-7-5-6-8-14/h10-11,13-14H,3-9,12H2,1-2H3,(H,19,20). The van der Waals surface area contributed by atoms with Gasteiger partial charge in [-0.2, -0.15) is 0 Å². The lowest BCUT2D eigenvalue weighted by Crippen LogP contribution is -2.14. The average Bonchev–Trinajstić information content (AvgIpc) is 3.02. The monoisotopic (exact) mass is 305 g/mol. The third-order valence-corrected chi connectivity index (χ3v) is 4.09. The first-order chi connectivity index (χ1) is 10.7. The van der Waals surface area contributed by atoms with E-state index in [1.165, 1.54) is 25.7 Å². The number of ether oxygens (including phenoxy) is 2. The molecule has 0 radical (unpaired) electrons. The van der Waals surface area contributed by atoms with Gasteiger partial charge in [0.15, 0.2) is 0 Å². The van der Waals surface area contributed by atoms with Gasteiger partial charge in [-0.05, 0) is 38.3 Å². The Bertz CT molecular complexity index is 481. The van der Waals surface area contributed by atoms with Crippen molar-refractivity contribution in [1.29, 1.82) is 0 Å². The second-order valence-corrected chi connectivity index (χ2v) is 5.76. The van der Waals surface area contributed by atoms with E-state index in [-0.39, 0.29) is 5.91 Å². The highest BCUT2D eigenvalue weighted by atomic mass is 16.5. The average molecular weight is 305 g/mol. The summed E-state index contributed by atoms with van der Waals surface area (Å²) in [6.07, 6.45) is 6.75. The lowest BCUT2D eigenvalue weighted by Gasteiger charge is -2.14. The van der Waals surface area contributed by atoms with Crippen molar-refractivity contribution in [1.82, 2.24) is 0 Å². The maximum atomic E-state index is 12.2. The van der Waals surface area contributed by atoms with Crippen LogP contribution < -0.4 is 14.8 Å². The van der Waals surface area contributed by atoms with E-state index >= 15 is 0 Å². The van der Waals surface area contributed by atoms with Crippen molar-refractivity contribution in [2.24, 2.45) is 5.92 Å². The van der Waals surface area contributed by atoms with Crippen LogP contribution in [0, 0.1) is 5.92 Å². The van der Waals surface area contributed by atoms with Crippen molar-refractivity contribution in [2.75, 3.05) is 18.5 Å². The summed E-state index contributed by atoms with van der Waals surface area (Å²) >= 11 is 0. The van der Waals surface area contributed by atoms with E-state index in [2.05, 4.69) is 5.32 Å². The molecule has 4 nitrogen and oxygen atoms in total. The predicted molar refractivity (Wildman–Crippen MR) is 88.6 cm³/mol. The SMILES string of the molecule is CCOc1ccc(OCC)c(NC(=O)CCC2CCCC2)c1. The number of hydrogen-bond acceptors (Lipinski definition) is 3. The van der Waals surface area contributed by atoms with E-state index in [0.717, 1.165) is 18.1 Å². The van der Waals surface area contributed by atoms with Crippen molar-refractivity contribution in [3.05, 3.63) is 18.2 Å². The number of hydrogen-bond donors (Lipinski definition) is 1. The molecule has 0 heterocycles. The Hall–Kier alpha value is -1.71. The maximum absolute atomic E-state index is 12.2. The molecule has 22 heavy (non-hydrogen) atoms. The molecule has 0 unspecified atom stereocenters. The molecule has 122 valence electrons. The van der Waals surface area contributed by atoms with Crippen LogP contribution in [0.5, 0.6) is 11.5 Å². The second kappa shape index (κ2) is 8.66. The summed E-state index contributed by atoms with van der Waals surface area (Å²) in [5.41, 5.74) is 0.698. The van der Waals surface area contributed by atoms with Gasteiger partial charge < -0.3 is 14.8 Å². The van der Waals surface area contributed by atoms with Crippen LogP contribution in [-0.4, -0.2) is 19.1 Å². The molecule has 1 aromatic rings. The molecule has 1 aliphatic carbocycles. The Balaban J connectivity index is 1.95. The Morgan fingerprint density at radius 3 is 2.59 bits per heavy atom. The first kappa shape index (κ1) is 16.7. The molecule has 1 aromatic carbocycles. The van der Waals surface area contributed by atoms with E-state index in [1.54, 1.807) is 0 Å². The van der Waals surface area contributed by atoms with Gasteiger partial charge in [0.25, 0.3) is 0 Å². The summed E-state index contributed by atoms with van der Waals surface area (Å²) in [4.78, 5) is 12.2. The number of nitrogens with one attached hydrogen (secondary N) is 1. The summed E-state index contributed by atoms with van der Waals surface area (Å²) in [5, 5.41) is 2.97. The molecule has 0 atom stereocenters. The van der Waals surface area contributed by atoms with Crippen LogP contribution in [-0.2, 0) is 4.79 Å². The van der Waals surface area contributed by atoms with Gasteiger partial charge in [0, 0.05) is 12.5 Å². The van der Waals surface area contributed by atoms with Crippen LogP contribution in [0.1, 0.15) is 52.4 Å². The predicted octanol–water partition coefficient (Wildman–Crippen LogP) is 4.39. The number of carbonyl (C=O) groups is 1. The van der Waals surface area contributed by atoms with Crippen LogP contribution in [0.4, 0.5) is 5.69 Å². The van der Waals surface area contributed by atoms with Gasteiger partial charge >= 0.3 is 0 Å². The minimum Gasteiger partial charge on any atom is -0.494 e. The lowest BCUT2D eigenvalue weighted by atomic mass is 10.0. The van der Waals surface area contributed by atoms with Crippen LogP contribution >= 0.6 is 0 Å². The van der Waals surface area contributed by atoms with Crippen LogP contribution in [0.25, 0.3) is 0 Å². The van der Waals surface area contributed by atoms with E-state index in [4.69, 9.17) is 9.47 Å². The van der Waals surface area contributed by atoms with Gasteiger partial charge in [-0.3, -0.25) is 4.79 Å². The fraction of sp³-hybridized carbons (Fsp3) is 0.611. The minimum absolute atomic E-state index is 0.0569. The molecule has 4 heteroatoms. The molecule has 0 bridgehead atoms. The molecule has 0 spiro atoms. The lowest BCUT2D eigenvalue weighted by molar-refractivity contribution is -0.116. The molecule has 1 aliphatic rings. The van der Waals surface area contributed by atoms with Crippen molar-refractivity contribution in [2.45, 2.75) is 52.4 Å². The fourth-order valence-electron chi connectivity index (χ4n) is 2.99. The zero-order chi connectivity index (χ0) is 15.8. The molecule has 2 rings (SSSR count). The van der Waals surface area contributed by atoms with Gasteiger partial charge in [-0.15, -0.1) is 0 Å². The Kier molecular flexibility index (Phi) is 6.56. The Labute approximate surface area is 133 Å². The molecular formula is C18H27NO3. The van der Waals surface area contributed by atoms with Crippen molar-refractivity contribution in [3.8, 4) is 11.5 Å². The largest absolute Gasteiger partial charge is 0.494 e. The summed E-state index contributed by atoms with van der Waals surface area (Å²) in [7, 11) is 0. The third kappa shape index (κ3) is 4.93. The van der Waals surface area contributed by atoms with E-state index < -0.39 is 0 Å². The highest BCUT2D eigenvalue weighted by Gasteiger charge is 2.17. The highest BCUT2D eigenvalue weighted by molar-refractivity contribution is 5.92. The molecule has 1 fully saturated rings. The third-order valence-electron chi connectivity index (χ3n) is 4.09. The molecule has 0 aromatic heterocycles. The summed E-state index contributed by atoms with van der Waals surface area (Å²) < 4.78 is 11.1. The number of anilines is 1. The van der Waals surface area contributed by atoms with E-state index in [1.807, 2.05) is 32.0 Å². The van der Waals surface area contributed by atoms with E-state index in [9.17, 15) is 4.79 Å². The second-order valence-electron chi connectivity index (χ2n) is 5.76. The molecule has 0 aliphatic heterocycles. The van der Waals surface area contributed by atoms with Gasteiger partial charge in [-0.25, -0.2) is 0 Å². The van der Waals surface area contributed by atoms with Gasteiger partial charge in [0.2, 0.25) is 5.91 Å². The van der Waals surface area contributed by atoms with Crippen molar-refractivity contribution >= 4 is 11.6 Å². The van der Waals surface area contributed by atoms with Crippen molar-refractivity contribution in [3.63, 3.8) is 0 Å². The first-order valence-corrected chi connectivity index (χ1v) is 8.42. The van der Waals surface area contributed by atoms with Crippen LogP contribution in [0.15, 0.2) is 18.2 Å². The highest BCUT2D eigenvalue weighted by Crippen LogP contribution is 2.31. The molecule has 1 saturated carbocycles. The summed E-state index contributed by atoms with van der Waals surface area (Å²) in [6, 6.07) is 5.55. The smallest absolute Gasteiger partial charge is 0.224 e. The maximum Gasteiger partial charge on any atom is 0.224 e. The first-order valence-electron chi connectivity index (χ1n) is 8.42. The van der Waals surface area contributed by atoms with Crippen LogP contribution in [0.3, 0.4) is 0 Å². The van der Waals surface area contributed by atoms with Gasteiger partial charge in [0.05, 0.1) is 18.9 Å². The zero-order valence-electron chi connectivity index (χ0n) is 13.7. The summed E-state index contributed by atoms with van der Waals surface area (Å²) in [6.45, 7) is 5.04. The van der Waals surface area contributed by atoms with Crippen LogP contribution in [0.2, 0.25) is 0 Å². The zero-order valence-corrected chi connectivity index (χ0v) is 13.7. The number of amides is 1. The molecule has 1 N–H and O–H groups in total. The fourth-order valence-corrected chi connectivity index (χ4v) is 2.99. The number of benzene rings is 1. The normalized spacial score (nSPS) is 14.8. The molecule has 0 saturated heterocycles. The van der Waals surface area contributed by atoms with Gasteiger partial charge in [-0.1, -0.05) is 25.7 Å². The number of carbonyl (C=O) groups excluding carboxylic acids is 1. The quantitative estimate of drug-likeness (QED) is 0.774. The van der Waals surface area contributed by atoms with Gasteiger partial charge in [0.1, 0.15) is 11.5 Å². The molecule has 1 amide bonds. The Morgan fingerprint density at radius 1 is 1.18 bits per heavy atom. The van der Waals surface area contributed by atoms with E-state index in [0.29, 0.717) is 31.1 Å². The van der Waals surface area contributed by atoms with Crippen molar-refractivity contribution < 1.29 is 14.3 Å².